The van der Waals surface area contributed by atoms with Crippen molar-refractivity contribution >= 4 is 16.7 Å². The van der Waals surface area contributed by atoms with Crippen molar-refractivity contribution < 1.29 is 22.0 Å². The van der Waals surface area contributed by atoms with Crippen LogP contribution < -0.4 is 10.9 Å². The SMILES string of the molecule is C#CC(Nc1ncnc2cc(=O)n(C3(C(F)F)CC3)cc12)c1cccc(C(F)(F)F)c1C. The normalized spacial score (nSPS) is 16.1. The molecule has 166 valence electrons. The second-order valence-electron chi connectivity index (χ2n) is 7.67. The zero-order chi connectivity index (χ0) is 23.3. The van der Waals surface area contributed by atoms with Crippen LogP contribution in [0.1, 0.15) is 35.6 Å². The van der Waals surface area contributed by atoms with Crippen molar-refractivity contribution in [2.75, 3.05) is 5.32 Å². The fourth-order valence-corrected chi connectivity index (χ4v) is 3.81. The number of nitrogens with one attached hydrogen (secondary N) is 1. The fraction of sp³-hybridized carbons (Fsp3) is 0.318. The van der Waals surface area contributed by atoms with Crippen molar-refractivity contribution in [1.82, 2.24) is 14.5 Å². The molecule has 1 saturated carbocycles. The summed E-state index contributed by atoms with van der Waals surface area (Å²) in [7, 11) is 0. The van der Waals surface area contributed by atoms with E-state index in [2.05, 4.69) is 21.2 Å². The zero-order valence-electron chi connectivity index (χ0n) is 16.8. The van der Waals surface area contributed by atoms with Crippen LogP contribution in [0.15, 0.2) is 41.6 Å². The van der Waals surface area contributed by atoms with Crippen LogP contribution in [0.5, 0.6) is 0 Å². The van der Waals surface area contributed by atoms with Crippen molar-refractivity contribution in [2.24, 2.45) is 0 Å². The highest BCUT2D eigenvalue weighted by Crippen LogP contribution is 2.48. The molecule has 1 unspecified atom stereocenters. The van der Waals surface area contributed by atoms with Crippen molar-refractivity contribution in [3.05, 3.63) is 63.8 Å². The van der Waals surface area contributed by atoms with E-state index in [0.29, 0.717) is 0 Å². The molecular formula is C22H17F5N4O. The molecule has 0 aliphatic heterocycles. The van der Waals surface area contributed by atoms with Gasteiger partial charge >= 0.3 is 6.18 Å². The first kappa shape index (κ1) is 21.7. The molecule has 1 aromatic carbocycles. The maximum absolute atomic E-state index is 13.6. The van der Waals surface area contributed by atoms with Gasteiger partial charge in [-0.1, -0.05) is 18.1 Å². The fourth-order valence-electron chi connectivity index (χ4n) is 3.81. The molecule has 2 heterocycles. The summed E-state index contributed by atoms with van der Waals surface area (Å²) in [5, 5.41) is 3.15. The number of nitrogens with zero attached hydrogens (tertiary/aromatic N) is 3. The first-order valence-corrected chi connectivity index (χ1v) is 9.64. The van der Waals surface area contributed by atoms with Gasteiger partial charge in [-0.15, -0.1) is 6.42 Å². The van der Waals surface area contributed by atoms with Crippen molar-refractivity contribution in [2.45, 2.75) is 43.9 Å². The Labute approximate surface area is 179 Å². The Bertz CT molecular complexity index is 1290. The van der Waals surface area contributed by atoms with Gasteiger partial charge in [-0.3, -0.25) is 4.79 Å². The molecule has 0 spiro atoms. The molecular weight excluding hydrogens is 431 g/mol. The summed E-state index contributed by atoms with van der Waals surface area (Å²) in [4.78, 5) is 20.5. The van der Waals surface area contributed by atoms with Gasteiger partial charge in [0.1, 0.15) is 23.7 Å². The number of terminal acetylenes is 1. The lowest BCUT2D eigenvalue weighted by molar-refractivity contribution is -0.138. The monoisotopic (exact) mass is 448 g/mol. The molecule has 10 heteroatoms. The largest absolute Gasteiger partial charge is 0.416 e. The Morgan fingerprint density at radius 3 is 2.56 bits per heavy atom. The van der Waals surface area contributed by atoms with Crippen LogP contribution in [-0.2, 0) is 11.7 Å². The van der Waals surface area contributed by atoms with Gasteiger partial charge in [0.2, 0.25) is 0 Å². The number of halogens is 5. The number of hydrogen-bond acceptors (Lipinski definition) is 4. The Morgan fingerprint density at radius 2 is 1.97 bits per heavy atom. The Kier molecular flexibility index (Phi) is 5.15. The predicted octanol–water partition coefficient (Wildman–Crippen LogP) is 4.66. The van der Waals surface area contributed by atoms with Crippen molar-refractivity contribution in [3.8, 4) is 12.3 Å². The quantitative estimate of drug-likeness (QED) is 0.456. The molecule has 0 bridgehead atoms. The van der Waals surface area contributed by atoms with Crippen molar-refractivity contribution in [1.29, 1.82) is 0 Å². The van der Waals surface area contributed by atoms with Gasteiger partial charge < -0.3 is 9.88 Å². The van der Waals surface area contributed by atoms with Crippen LogP contribution in [0.4, 0.5) is 27.8 Å². The maximum atomic E-state index is 13.6. The smallest absolute Gasteiger partial charge is 0.352 e. The Balaban J connectivity index is 1.79. The molecule has 0 radical (unpaired) electrons. The predicted molar refractivity (Wildman–Crippen MR) is 108 cm³/mol. The number of alkyl halides is 5. The Morgan fingerprint density at radius 1 is 1.25 bits per heavy atom. The van der Waals surface area contributed by atoms with E-state index in [-0.39, 0.29) is 40.7 Å². The number of benzene rings is 1. The molecule has 5 nitrogen and oxygen atoms in total. The summed E-state index contributed by atoms with van der Waals surface area (Å²) >= 11 is 0. The van der Waals surface area contributed by atoms with Crippen LogP contribution >= 0.6 is 0 Å². The summed E-state index contributed by atoms with van der Waals surface area (Å²) in [5.74, 6) is 2.53. The highest BCUT2D eigenvalue weighted by atomic mass is 19.4. The first-order valence-electron chi connectivity index (χ1n) is 9.64. The highest BCUT2D eigenvalue weighted by Gasteiger charge is 2.53. The maximum Gasteiger partial charge on any atom is 0.416 e. The molecule has 0 saturated heterocycles. The lowest BCUT2D eigenvalue weighted by Gasteiger charge is -2.21. The van der Waals surface area contributed by atoms with E-state index in [1.807, 2.05) is 0 Å². The van der Waals surface area contributed by atoms with E-state index in [1.165, 1.54) is 25.3 Å². The van der Waals surface area contributed by atoms with E-state index in [4.69, 9.17) is 6.42 Å². The van der Waals surface area contributed by atoms with E-state index >= 15 is 0 Å². The molecule has 1 atom stereocenters. The van der Waals surface area contributed by atoms with Crippen LogP contribution in [0.3, 0.4) is 0 Å². The van der Waals surface area contributed by atoms with Gasteiger partial charge in [0.05, 0.1) is 16.5 Å². The third-order valence-corrected chi connectivity index (χ3v) is 5.76. The Hall–Kier alpha value is -3.48. The molecule has 1 fully saturated rings. The number of pyridine rings is 1. The topological polar surface area (TPSA) is 59.8 Å². The molecule has 1 aliphatic rings. The van der Waals surface area contributed by atoms with Crippen LogP contribution in [-0.4, -0.2) is 21.0 Å². The van der Waals surface area contributed by atoms with E-state index in [1.54, 1.807) is 0 Å². The number of fused-ring (bicyclic) bond motifs is 1. The average Bonchev–Trinajstić information content (AvgIpc) is 3.53. The summed E-state index contributed by atoms with van der Waals surface area (Å²) < 4.78 is 68.1. The van der Waals surface area contributed by atoms with Gasteiger partial charge in [0.15, 0.2) is 0 Å². The highest BCUT2D eigenvalue weighted by molar-refractivity contribution is 5.88. The number of rotatable bonds is 5. The van der Waals surface area contributed by atoms with Gasteiger partial charge in [0, 0.05) is 12.3 Å². The minimum absolute atomic E-state index is 0.0413. The molecule has 1 aliphatic carbocycles. The second-order valence-corrected chi connectivity index (χ2v) is 7.67. The summed E-state index contributed by atoms with van der Waals surface area (Å²) in [6, 6.07) is 3.82. The number of anilines is 1. The van der Waals surface area contributed by atoms with Crippen molar-refractivity contribution in [3.63, 3.8) is 0 Å². The van der Waals surface area contributed by atoms with Gasteiger partial charge in [-0.05, 0) is 37.0 Å². The minimum atomic E-state index is -4.55. The van der Waals surface area contributed by atoms with Gasteiger partial charge in [-0.2, -0.15) is 13.2 Å². The standard InChI is InChI=1S/C22H17F5N4O/c1-3-16(13-5-4-6-15(12(13)2)22(25,26)27)30-19-14-10-31(21(7-8-21)20(23)24)18(32)9-17(14)28-11-29-19/h1,4-6,9-11,16,20H,7-8H2,2H3,(H,28,29,30). The minimum Gasteiger partial charge on any atom is -0.352 e. The van der Waals surface area contributed by atoms with E-state index in [9.17, 15) is 26.7 Å². The summed E-state index contributed by atoms with van der Waals surface area (Å²) in [6.07, 6.45) is 1.04. The molecule has 3 aromatic rings. The molecule has 2 aromatic heterocycles. The summed E-state index contributed by atoms with van der Waals surface area (Å²) in [5.41, 5.74) is -2.63. The molecule has 32 heavy (non-hydrogen) atoms. The first-order chi connectivity index (χ1) is 15.1. The lowest BCUT2D eigenvalue weighted by Crippen LogP contribution is -2.35. The van der Waals surface area contributed by atoms with E-state index in [0.717, 1.165) is 23.0 Å². The molecule has 4 rings (SSSR count). The second kappa shape index (κ2) is 7.58. The molecule has 1 N–H and O–H groups in total. The molecule has 0 amide bonds. The lowest BCUT2D eigenvalue weighted by atomic mass is 9.96. The van der Waals surface area contributed by atoms with Crippen LogP contribution in [0.25, 0.3) is 10.9 Å². The third kappa shape index (κ3) is 3.57. The average molecular weight is 448 g/mol. The van der Waals surface area contributed by atoms with Crippen LogP contribution in [0, 0.1) is 19.3 Å². The number of hydrogen-bond donors (Lipinski definition) is 1. The zero-order valence-corrected chi connectivity index (χ0v) is 16.8. The van der Waals surface area contributed by atoms with Gasteiger partial charge in [0.25, 0.3) is 12.0 Å². The number of aromatic nitrogens is 3. The van der Waals surface area contributed by atoms with Gasteiger partial charge in [-0.25, -0.2) is 18.7 Å². The van der Waals surface area contributed by atoms with Crippen LogP contribution in [0.2, 0.25) is 0 Å². The third-order valence-electron chi connectivity index (χ3n) is 5.76. The summed E-state index contributed by atoms with van der Waals surface area (Å²) in [6.45, 7) is 1.32. The van der Waals surface area contributed by atoms with E-state index < -0.39 is 35.3 Å².